The van der Waals surface area contributed by atoms with E-state index in [0.29, 0.717) is 29.9 Å². The van der Waals surface area contributed by atoms with Crippen molar-refractivity contribution in [3.8, 4) is 0 Å². The van der Waals surface area contributed by atoms with Gasteiger partial charge in [-0.1, -0.05) is 18.2 Å². The van der Waals surface area contributed by atoms with Gasteiger partial charge in [0.2, 0.25) is 5.91 Å². The van der Waals surface area contributed by atoms with Gasteiger partial charge in [-0.2, -0.15) is 18.3 Å². The second-order valence-corrected chi connectivity index (χ2v) is 7.77. The molecule has 0 radical (unpaired) electrons. The molecule has 3 N–H and O–H groups in total. The molecule has 168 valence electrons. The number of carbonyl (C=O) groups excluding carboxylic acids is 2. The third kappa shape index (κ3) is 4.23. The molecule has 3 heterocycles. The first kappa shape index (κ1) is 21.6. The minimum Gasteiger partial charge on any atom is -0.384 e. The summed E-state index contributed by atoms with van der Waals surface area (Å²) >= 11 is 0. The van der Waals surface area contributed by atoms with E-state index < -0.39 is 18.1 Å². The van der Waals surface area contributed by atoms with Crippen LogP contribution in [0.4, 0.5) is 19.0 Å². The van der Waals surface area contributed by atoms with E-state index in [4.69, 9.17) is 5.73 Å². The third-order valence-electron chi connectivity index (χ3n) is 5.43. The van der Waals surface area contributed by atoms with Crippen molar-refractivity contribution in [2.24, 2.45) is 0 Å². The maximum Gasteiger partial charge on any atom is 0.408 e. The highest BCUT2D eigenvalue weighted by Gasteiger charge is 2.38. The molecule has 1 atom stereocenters. The molecule has 3 aromatic rings. The number of nitrogens with one attached hydrogen (secondary N) is 1. The summed E-state index contributed by atoms with van der Waals surface area (Å²) in [4.78, 5) is 30.3. The van der Waals surface area contributed by atoms with Crippen LogP contribution in [0.3, 0.4) is 0 Å². The normalized spacial score (nSPS) is 15.4. The number of para-hydroxylation sites is 1. The molecule has 0 saturated carbocycles. The first-order valence-corrected chi connectivity index (χ1v) is 9.96. The highest BCUT2D eigenvalue weighted by atomic mass is 19.4. The molecule has 8 nitrogen and oxygen atoms in total. The van der Waals surface area contributed by atoms with Crippen LogP contribution in [0, 0.1) is 0 Å². The summed E-state index contributed by atoms with van der Waals surface area (Å²) in [6, 6.07) is 8.35. The van der Waals surface area contributed by atoms with Gasteiger partial charge in [0.25, 0.3) is 5.91 Å². The number of halogens is 3. The molecular weight excluding hydrogens is 425 g/mol. The maximum atomic E-state index is 12.7. The summed E-state index contributed by atoms with van der Waals surface area (Å²) in [6.07, 6.45) is -3.05. The maximum absolute atomic E-state index is 12.7. The van der Waals surface area contributed by atoms with Crippen molar-refractivity contribution in [2.45, 2.75) is 31.6 Å². The number of pyridine rings is 1. The number of alkyl halides is 3. The quantitative estimate of drug-likeness (QED) is 0.626. The number of likely N-dealkylation sites (tertiary alicyclic amines) is 1. The second-order valence-electron chi connectivity index (χ2n) is 7.77. The molecule has 0 spiro atoms. The van der Waals surface area contributed by atoms with Crippen molar-refractivity contribution >= 4 is 28.5 Å². The number of amides is 2. The number of fused-ring (bicyclic) bond motifs is 1. The molecule has 1 aliphatic heterocycles. The Morgan fingerprint density at radius 3 is 2.66 bits per heavy atom. The number of anilines is 1. The number of rotatable bonds is 5. The summed E-state index contributed by atoms with van der Waals surface area (Å²) in [6.45, 7) is 1.41. The number of aromatic nitrogens is 3. The van der Waals surface area contributed by atoms with E-state index in [0.717, 1.165) is 12.3 Å². The van der Waals surface area contributed by atoms with E-state index in [1.165, 1.54) is 16.9 Å². The first-order valence-electron chi connectivity index (χ1n) is 9.96. The zero-order valence-corrected chi connectivity index (χ0v) is 17.1. The number of nitrogens with zero attached hydrogens (tertiary/aromatic N) is 4. The van der Waals surface area contributed by atoms with Gasteiger partial charge in [-0.3, -0.25) is 14.3 Å². The number of benzene rings is 1. The van der Waals surface area contributed by atoms with Crippen molar-refractivity contribution in [2.75, 3.05) is 18.8 Å². The lowest BCUT2D eigenvalue weighted by atomic mass is 9.93. The molecule has 4 rings (SSSR count). The predicted octanol–water partition coefficient (Wildman–Crippen LogP) is 2.32. The molecule has 2 aromatic heterocycles. The van der Waals surface area contributed by atoms with Gasteiger partial charge in [-0.05, 0) is 25.1 Å². The van der Waals surface area contributed by atoms with Crippen LogP contribution in [-0.2, 0) is 11.3 Å². The molecule has 1 aromatic carbocycles. The summed E-state index contributed by atoms with van der Waals surface area (Å²) < 4.78 is 39.6. The zero-order valence-electron chi connectivity index (χ0n) is 17.1. The van der Waals surface area contributed by atoms with Crippen molar-refractivity contribution in [3.63, 3.8) is 0 Å². The summed E-state index contributed by atoms with van der Waals surface area (Å²) in [5.74, 6) is -0.743. The first-order chi connectivity index (χ1) is 15.1. The lowest BCUT2D eigenvalue weighted by Crippen LogP contribution is -2.48. The number of hydrogen-bond acceptors (Lipinski definition) is 5. The van der Waals surface area contributed by atoms with Crippen LogP contribution in [0.15, 0.2) is 42.6 Å². The van der Waals surface area contributed by atoms with Crippen LogP contribution >= 0.6 is 0 Å². The molecule has 11 heteroatoms. The fourth-order valence-corrected chi connectivity index (χ4v) is 3.66. The fourth-order valence-electron chi connectivity index (χ4n) is 3.66. The Bertz CT molecular complexity index is 1170. The average molecular weight is 446 g/mol. The molecule has 32 heavy (non-hydrogen) atoms. The minimum atomic E-state index is -4.52. The largest absolute Gasteiger partial charge is 0.408 e. The Morgan fingerprint density at radius 1 is 1.25 bits per heavy atom. The van der Waals surface area contributed by atoms with Gasteiger partial charge in [0.05, 0.1) is 11.2 Å². The summed E-state index contributed by atoms with van der Waals surface area (Å²) in [5.41, 5.74) is 7.44. The smallest absolute Gasteiger partial charge is 0.384 e. The standard InChI is InChI=1S/C21H21F3N6O2/c1-12(21(22,23)24)27-18(31)11-30-16-5-3-2-4-15(16)19(28-30)14-9-29(10-14)20(32)13-6-7-26-17(25)8-13/h2-8,12,14H,9-11H2,1H3,(H2,25,26)(H,27,31)/t12-/m1/s1. The van der Waals surface area contributed by atoms with Gasteiger partial charge in [0.15, 0.2) is 0 Å². The van der Waals surface area contributed by atoms with Crippen LogP contribution in [0.1, 0.15) is 28.9 Å². The highest BCUT2D eigenvalue weighted by Crippen LogP contribution is 2.32. The highest BCUT2D eigenvalue weighted by molar-refractivity contribution is 5.95. The van der Waals surface area contributed by atoms with Gasteiger partial charge in [0, 0.05) is 36.2 Å². The molecule has 1 fully saturated rings. The summed E-state index contributed by atoms with van der Waals surface area (Å²) in [5, 5.41) is 7.26. The predicted molar refractivity (Wildman–Crippen MR) is 111 cm³/mol. The molecule has 2 amide bonds. The minimum absolute atomic E-state index is 0.0542. The van der Waals surface area contributed by atoms with Gasteiger partial charge in [-0.15, -0.1) is 0 Å². The Kier molecular flexibility index (Phi) is 5.49. The average Bonchev–Trinajstić information content (AvgIpc) is 3.04. The number of hydrogen-bond donors (Lipinski definition) is 2. The fraction of sp³-hybridized carbons (Fsp3) is 0.333. The van der Waals surface area contributed by atoms with Crippen LogP contribution in [0.25, 0.3) is 10.9 Å². The third-order valence-corrected chi connectivity index (χ3v) is 5.43. The van der Waals surface area contributed by atoms with Crippen LogP contribution in [0.2, 0.25) is 0 Å². The van der Waals surface area contributed by atoms with E-state index in [-0.39, 0.29) is 24.2 Å². The Balaban J connectivity index is 1.49. The van der Waals surface area contributed by atoms with E-state index >= 15 is 0 Å². The molecule has 0 unspecified atom stereocenters. The molecule has 0 aliphatic carbocycles. The summed E-state index contributed by atoms with van der Waals surface area (Å²) in [7, 11) is 0. The van der Waals surface area contributed by atoms with Crippen LogP contribution in [-0.4, -0.2) is 56.8 Å². The number of nitrogens with two attached hydrogens (primary N) is 1. The molecule has 1 aliphatic rings. The molecule has 1 saturated heterocycles. The van der Waals surface area contributed by atoms with E-state index in [9.17, 15) is 22.8 Å². The van der Waals surface area contributed by atoms with Crippen LogP contribution < -0.4 is 11.1 Å². The second kappa shape index (κ2) is 8.13. The van der Waals surface area contributed by atoms with Gasteiger partial charge in [0.1, 0.15) is 18.4 Å². The lowest BCUT2D eigenvalue weighted by Gasteiger charge is -2.38. The van der Waals surface area contributed by atoms with E-state index in [1.54, 1.807) is 23.1 Å². The van der Waals surface area contributed by atoms with E-state index in [2.05, 4.69) is 10.1 Å². The number of carbonyl (C=O) groups is 2. The number of nitrogen functional groups attached to an aromatic ring is 1. The molecular formula is C21H21F3N6O2. The molecule has 0 bridgehead atoms. The Morgan fingerprint density at radius 2 is 1.97 bits per heavy atom. The van der Waals surface area contributed by atoms with Crippen molar-refractivity contribution < 1.29 is 22.8 Å². The van der Waals surface area contributed by atoms with E-state index in [1.807, 2.05) is 17.4 Å². The Hall–Kier alpha value is -3.63. The zero-order chi connectivity index (χ0) is 23.0. The van der Waals surface area contributed by atoms with Crippen LogP contribution in [0.5, 0.6) is 0 Å². The Labute approximate surface area is 181 Å². The van der Waals surface area contributed by atoms with Gasteiger partial charge >= 0.3 is 6.18 Å². The van der Waals surface area contributed by atoms with Crippen molar-refractivity contribution in [1.82, 2.24) is 25.0 Å². The monoisotopic (exact) mass is 446 g/mol. The van der Waals surface area contributed by atoms with Crippen molar-refractivity contribution in [1.29, 1.82) is 0 Å². The topological polar surface area (TPSA) is 106 Å². The van der Waals surface area contributed by atoms with Gasteiger partial charge in [-0.25, -0.2) is 4.98 Å². The lowest BCUT2D eigenvalue weighted by molar-refractivity contribution is -0.158. The van der Waals surface area contributed by atoms with Crippen molar-refractivity contribution in [3.05, 3.63) is 53.9 Å². The van der Waals surface area contributed by atoms with Gasteiger partial charge < -0.3 is 16.0 Å². The SMILES string of the molecule is C[C@@H](NC(=O)Cn1nc(C2CN(C(=O)c3ccnc(N)c3)C2)c2ccccc21)C(F)(F)F.